The van der Waals surface area contributed by atoms with Crippen LogP contribution >= 0.6 is 22.9 Å². The third kappa shape index (κ3) is 4.13. The van der Waals surface area contributed by atoms with Crippen molar-refractivity contribution in [2.45, 2.75) is 32.9 Å². The van der Waals surface area contributed by atoms with E-state index in [1.807, 2.05) is 20.8 Å². The highest BCUT2D eigenvalue weighted by Gasteiger charge is 2.29. The second-order valence-corrected chi connectivity index (χ2v) is 7.51. The van der Waals surface area contributed by atoms with Gasteiger partial charge in [-0.1, -0.05) is 23.7 Å². The van der Waals surface area contributed by atoms with Crippen LogP contribution in [0.4, 0.5) is 0 Å². The van der Waals surface area contributed by atoms with Crippen LogP contribution in [-0.2, 0) is 11.3 Å². The van der Waals surface area contributed by atoms with Crippen molar-refractivity contribution in [3.8, 4) is 0 Å². The summed E-state index contributed by atoms with van der Waals surface area (Å²) in [4.78, 5) is 30.4. The maximum atomic E-state index is 12.9. The fraction of sp³-hybridized carbons (Fsp3) is 0.353. The van der Waals surface area contributed by atoms with Gasteiger partial charge in [-0.2, -0.15) is 0 Å². The van der Waals surface area contributed by atoms with E-state index in [4.69, 9.17) is 11.6 Å². The number of ether oxygens (including phenoxy) is 1. The largest absolute Gasteiger partial charge is 0.464 e. The van der Waals surface area contributed by atoms with E-state index >= 15 is 0 Å². The molecular weight excluding hydrogens is 348 g/mol. The van der Waals surface area contributed by atoms with Crippen molar-refractivity contribution in [2.75, 3.05) is 7.11 Å². The third-order valence-electron chi connectivity index (χ3n) is 3.40. The van der Waals surface area contributed by atoms with Gasteiger partial charge in [0.25, 0.3) is 5.91 Å². The summed E-state index contributed by atoms with van der Waals surface area (Å²) in [7, 11) is 1.31. The normalized spacial score (nSPS) is 11.2. The maximum Gasteiger partial charge on any atom is 0.357 e. The van der Waals surface area contributed by atoms with Crippen molar-refractivity contribution in [3.05, 3.63) is 50.9 Å². The highest BCUT2D eigenvalue weighted by molar-refractivity contribution is 7.09. The quantitative estimate of drug-likeness (QED) is 0.766. The molecule has 5 nitrogen and oxygen atoms in total. The van der Waals surface area contributed by atoms with Gasteiger partial charge in [0.2, 0.25) is 0 Å². The fourth-order valence-electron chi connectivity index (χ4n) is 2.11. The number of thiazole rings is 1. The molecule has 1 aromatic carbocycles. The van der Waals surface area contributed by atoms with Gasteiger partial charge >= 0.3 is 5.97 Å². The molecule has 0 unspecified atom stereocenters. The van der Waals surface area contributed by atoms with Crippen LogP contribution in [0.3, 0.4) is 0 Å². The fourth-order valence-corrected chi connectivity index (χ4v) is 3.08. The molecule has 0 N–H and O–H groups in total. The number of nitrogens with zero attached hydrogens (tertiary/aromatic N) is 2. The second-order valence-electron chi connectivity index (χ2n) is 6.16. The second kappa shape index (κ2) is 7.32. The summed E-state index contributed by atoms with van der Waals surface area (Å²) in [6.07, 6.45) is 0. The molecule has 0 aliphatic carbocycles. The van der Waals surface area contributed by atoms with E-state index in [0.717, 1.165) is 0 Å². The first-order valence-electron chi connectivity index (χ1n) is 7.33. The molecule has 0 aliphatic rings. The van der Waals surface area contributed by atoms with E-state index < -0.39 is 11.5 Å². The zero-order valence-corrected chi connectivity index (χ0v) is 15.6. The van der Waals surface area contributed by atoms with Gasteiger partial charge in [0.1, 0.15) is 5.01 Å². The molecule has 128 valence electrons. The zero-order chi connectivity index (χ0) is 17.9. The van der Waals surface area contributed by atoms with E-state index in [0.29, 0.717) is 15.6 Å². The van der Waals surface area contributed by atoms with Gasteiger partial charge in [-0.05, 0) is 32.9 Å². The first kappa shape index (κ1) is 18.4. The molecule has 1 amide bonds. The van der Waals surface area contributed by atoms with Gasteiger partial charge in [0.15, 0.2) is 5.69 Å². The number of aromatic nitrogens is 1. The first-order valence-corrected chi connectivity index (χ1v) is 8.59. The molecule has 0 atom stereocenters. The lowest BCUT2D eigenvalue weighted by atomic mass is 10.0. The van der Waals surface area contributed by atoms with Crippen LogP contribution in [0.25, 0.3) is 0 Å². The number of hydrogen-bond donors (Lipinski definition) is 0. The Bertz CT molecular complexity index is 752. The lowest BCUT2D eigenvalue weighted by Crippen LogP contribution is -2.45. The molecule has 0 spiro atoms. The Labute approximate surface area is 150 Å². The number of benzene rings is 1. The van der Waals surface area contributed by atoms with E-state index in [1.54, 1.807) is 34.5 Å². The van der Waals surface area contributed by atoms with Gasteiger partial charge in [-0.15, -0.1) is 11.3 Å². The van der Waals surface area contributed by atoms with Gasteiger partial charge < -0.3 is 9.64 Å². The molecule has 0 aliphatic heterocycles. The molecule has 2 aromatic rings. The minimum absolute atomic E-state index is 0.178. The molecule has 1 heterocycles. The number of halogens is 1. The van der Waals surface area contributed by atoms with E-state index in [2.05, 4.69) is 9.72 Å². The molecule has 0 radical (unpaired) electrons. The molecule has 2 rings (SSSR count). The lowest BCUT2D eigenvalue weighted by Gasteiger charge is -2.35. The zero-order valence-electron chi connectivity index (χ0n) is 14.0. The summed E-state index contributed by atoms with van der Waals surface area (Å²) in [5, 5.41) is 2.69. The molecule has 0 bridgehead atoms. The Balaban J connectivity index is 2.30. The van der Waals surface area contributed by atoms with Crippen LogP contribution in [0, 0.1) is 0 Å². The topological polar surface area (TPSA) is 59.5 Å². The Morgan fingerprint density at radius 3 is 2.54 bits per heavy atom. The maximum absolute atomic E-state index is 12.9. The Hall–Kier alpha value is -1.92. The number of esters is 1. The lowest BCUT2D eigenvalue weighted by molar-refractivity contribution is 0.0559. The minimum atomic E-state index is -0.489. The smallest absolute Gasteiger partial charge is 0.357 e. The van der Waals surface area contributed by atoms with Crippen LogP contribution < -0.4 is 0 Å². The predicted octanol–water partition coefficient (Wildman–Crippen LogP) is 4.02. The molecule has 0 fully saturated rings. The van der Waals surface area contributed by atoms with Crippen molar-refractivity contribution in [2.24, 2.45) is 0 Å². The number of methoxy groups -OCH3 is 1. The summed E-state index contributed by atoms with van der Waals surface area (Å²) >= 11 is 7.47. The van der Waals surface area contributed by atoms with Crippen molar-refractivity contribution >= 4 is 34.8 Å². The van der Waals surface area contributed by atoms with Crippen molar-refractivity contribution in [1.29, 1.82) is 0 Å². The van der Waals surface area contributed by atoms with E-state index in [1.165, 1.54) is 18.4 Å². The summed E-state index contributed by atoms with van der Waals surface area (Å²) in [6, 6.07) is 6.95. The van der Waals surface area contributed by atoms with Gasteiger partial charge in [0, 0.05) is 10.9 Å². The van der Waals surface area contributed by atoms with Gasteiger partial charge in [-0.3, -0.25) is 4.79 Å². The van der Waals surface area contributed by atoms with E-state index in [-0.39, 0.29) is 18.1 Å². The average molecular weight is 367 g/mol. The number of rotatable bonds is 4. The average Bonchev–Trinajstić information content (AvgIpc) is 2.99. The van der Waals surface area contributed by atoms with Crippen molar-refractivity contribution in [1.82, 2.24) is 9.88 Å². The summed E-state index contributed by atoms with van der Waals surface area (Å²) in [5.41, 5.74) is 0.253. The van der Waals surface area contributed by atoms with Crippen LogP contribution in [0.2, 0.25) is 5.02 Å². The van der Waals surface area contributed by atoms with Gasteiger partial charge in [0.05, 0.1) is 24.2 Å². The Kier molecular flexibility index (Phi) is 5.62. The molecule has 0 saturated heterocycles. The summed E-state index contributed by atoms with van der Waals surface area (Å²) < 4.78 is 4.66. The molecular formula is C17H19ClN2O3S. The van der Waals surface area contributed by atoms with E-state index in [9.17, 15) is 9.59 Å². The predicted molar refractivity (Wildman–Crippen MR) is 94.5 cm³/mol. The van der Waals surface area contributed by atoms with Crippen molar-refractivity contribution < 1.29 is 14.3 Å². The SMILES string of the molecule is COC(=O)c1csc(CN(C(=O)c2ccccc2Cl)C(C)(C)C)n1. The highest BCUT2D eigenvalue weighted by Crippen LogP contribution is 2.25. The monoisotopic (exact) mass is 366 g/mol. The molecule has 7 heteroatoms. The van der Waals surface area contributed by atoms with Crippen LogP contribution in [0.15, 0.2) is 29.6 Å². The number of carbonyl (C=O) groups is 2. The summed E-state index contributed by atoms with van der Waals surface area (Å²) in [5.74, 6) is -0.667. The number of amides is 1. The molecule has 0 saturated carbocycles. The van der Waals surface area contributed by atoms with Gasteiger partial charge in [-0.25, -0.2) is 9.78 Å². The molecule has 24 heavy (non-hydrogen) atoms. The number of hydrogen-bond acceptors (Lipinski definition) is 5. The Morgan fingerprint density at radius 2 is 1.96 bits per heavy atom. The first-order chi connectivity index (χ1) is 11.2. The highest BCUT2D eigenvalue weighted by atomic mass is 35.5. The van der Waals surface area contributed by atoms with Crippen molar-refractivity contribution in [3.63, 3.8) is 0 Å². The standard InChI is InChI=1S/C17H19ClN2O3S/c1-17(2,3)20(15(21)11-7-5-6-8-12(11)18)9-14-19-13(10-24-14)16(22)23-4/h5-8,10H,9H2,1-4H3. The number of carbonyl (C=O) groups excluding carboxylic acids is 2. The van der Waals surface area contributed by atoms with Crippen LogP contribution in [-0.4, -0.2) is 34.4 Å². The molecule has 1 aromatic heterocycles. The summed E-state index contributed by atoms with van der Waals surface area (Å²) in [6.45, 7) is 6.11. The minimum Gasteiger partial charge on any atom is -0.464 e. The van der Waals surface area contributed by atoms with Crippen LogP contribution in [0.5, 0.6) is 0 Å². The Morgan fingerprint density at radius 1 is 1.29 bits per heavy atom. The van der Waals surface area contributed by atoms with Crippen LogP contribution in [0.1, 0.15) is 46.6 Å². The third-order valence-corrected chi connectivity index (χ3v) is 4.56.